The summed E-state index contributed by atoms with van der Waals surface area (Å²) in [6.07, 6.45) is 5.62. The number of ether oxygens (including phenoxy) is 2. The highest BCUT2D eigenvalue weighted by atomic mass is 16.5. The Balaban J connectivity index is 1.55. The topological polar surface area (TPSA) is 67.8 Å². The molecule has 0 bridgehead atoms. The van der Waals surface area contributed by atoms with Crippen molar-refractivity contribution < 1.29 is 14.3 Å². The van der Waals surface area contributed by atoms with Gasteiger partial charge in [0.1, 0.15) is 6.10 Å². The number of aromatic nitrogens is 2. The third-order valence-corrected chi connectivity index (χ3v) is 4.81. The summed E-state index contributed by atoms with van der Waals surface area (Å²) >= 11 is 0. The van der Waals surface area contributed by atoms with Crippen LogP contribution in [0, 0.1) is 0 Å². The molecule has 0 aromatic carbocycles. The van der Waals surface area contributed by atoms with E-state index in [-0.39, 0.29) is 18.1 Å². The van der Waals surface area contributed by atoms with Crippen LogP contribution in [0.4, 0.5) is 5.95 Å². The number of morpholine rings is 1. The SMILES string of the molecule is C[C@@H]1CC[C@H](CCC(=O)N2CCO[C@H](c3ccnc(N(C)C)n3)C2)O1. The van der Waals surface area contributed by atoms with Gasteiger partial charge in [-0.1, -0.05) is 0 Å². The summed E-state index contributed by atoms with van der Waals surface area (Å²) in [7, 11) is 3.81. The van der Waals surface area contributed by atoms with Crippen LogP contribution in [0.2, 0.25) is 0 Å². The van der Waals surface area contributed by atoms with Gasteiger partial charge in [-0.2, -0.15) is 0 Å². The lowest BCUT2D eigenvalue weighted by Crippen LogP contribution is -2.42. The van der Waals surface area contributed by atoms with Crippen molar-refractivity contribution in [3.8, 4) is 0 Å². The first-order chi connectivity index (χ1) is 12.0. The molecule has 2 aliphatic rings. The Morgan fingerprint density at radius 1 is 1.40 bits per heavy atom. The van der Waals surface area contributed by atoms with Gasteiger partial charge >= 0.3 is 0 Å². The Bertz CT molecular complexity index is 595. The number of amides is 1. The summed E-state index contributed by atoms with van der Waals surface area (Å²) in [5.74, 6) is 0.829. The minimum Gasteiger partial charge on any atom is -0.375 e. The average molecular weight is 348 g/mol. The molecular formula is C18H28N4O3. The second kappa shape index (κ2) is 8.10. The van der Waals surface area contributed by atoms with Crippen molar-refractivity contribution in [3.05, 3.63) is 18.0 Å². The molecule has 0 N–H and O–H groups in total. The summed E-state index contributed by atoms with van der Waals surface area (Å²) in [6, 6.07) is 1.86. The molecule has 1 aromatic rings. The first-order valence-corrected chi connectivity index (χ1v) is 9.08. The van der Waals surface area contributed by atoms with E-state index in [1.54, 1.807) is 6.20 Å². The molecule has 25 heavy (non-hydrogen) atoms. The largest absolute Gasteiger partial charge is 0.375 e. The lowest BCUT2D eigenvalue weighted by Gasteiger charge is -2.33. The van der Waals surface area contributed by atoms with Crippen molar-refractivity contribution in [1.82, 2.24) is 14.9 Å². The Labute approximate surface area is 149 Å². The maximum Gasteiger partial charge on any atom is 0.225 e. The summed E-state index contributed by atoms with van der Waals surface area (Å²) in [5.41, 5.74) is 0.823. The van der Waals surface area contributed by atoms with Gasteiger partial charge < -0.3 is 19.3 Å². The summed E-state index contributed by atoms with van der Waals surface area (Å²) in [4.78, 5) is 25.1. The van der Waals surface area contributed by atoms with Gasteiger partial charge in [0.05, 0.1) is 31.1 Å². The summed E-state index contributed by atoms with van der Waals surface area (Å²) < 4.78 is 11.7. The van der Waals surface area contributed by atoms with E-state index in [1.165, 1.54) is 0 Å². The van der Waals surface area contributed by atoms with Gasteiger partial charge in [0.25, 0.3) is 0 Å². The monoisotopic (exact) mass is 348 g/mol. The fourth-order valence-electron chi connectivity index (χ4n) is 3.35. The number of rotatable bonds is 5. The smallest absolute Gasteiger partial charge is 0.225 e. The molecule has 0 spiro atoms. The first kappa shape index (κ1) is 18.1. The summed E-state index contributed by atoms with van der Waals surface area (Å²) in [5, 5.41) is 0. The quantitative estimate of drug-likeness (QED) is 0.808. The molecule has 3 rings (SSSR count). The van der Waals surface area contributed by atoms with Gasteiger partial charge in [0, 0.05) is 33.3 Å². The molecular weight excluding hydrogens is 320 g/mol. The van der Waals surface area contributed by atoms with Crippen molar-refractivity contribution in [2.75, 3.05) is 38.7 Å². The van der Waals surface area contributed by atoms with Gasteiger partial charge in [-0.3, -0.25) is 4.79 Å². The highest BCUT2D eigenvalue weighted by Crippen LogP contribution is 2.25. The lowest BCUT2D eigenvalue weighted by atomic mass is 10.1. The van der Waals surface area contributed by atoms with E-state index in [1.807, 2.05) is 30.0 Å². The number of nitrogens with zero attached hydrogens (tertiary/aromatic N) is 4. The third-order valence-electron chi connectivity index (χ3n) is 4.81. The highest BCUT2D eigenvalue weighted by molar-refractivity contribution is 5.76. The van der Waals surface area contributed by atoms with E-state index >= 15 is 0 Å². The molecule has 0 aliphatic carbocycles. The van der Waals surface area contributed by atoms with E-state index in [9.17, 15) is 4.79 Å². The molecule has 0 unspecified atom stereocenters. The van der Waals surface area contributed by atoms with Crippen LogP contribution < -0.4 is 4.90 Å². The van der Waals surface area contributed by atoms with Gasteiger partial charge in [0.2, 0.25) is 11.9 Å². The Morgan fingerprint density at radius 3 is 2.96 bits per heavy atom. The fourth-order valence-corrected chi connectivity index (χ4v) is 3.35. The van der Waals surface area contributed by atoms with Gasteiger partial charge in [-0.05, 0) is 32.3 Å². The van der Waals surface area contributed by atoms with Crippen LogP contribution in [0.3, 0.4) is 0 Å². The molecule has 2 aliphatic heterocycles. The van der Waals surface area contributed by atoms with Crippen molar-refractivity contribution in [1.29, 1.82) is 0 Å². The zero-order valence-corrected chi connectivity index (χ0v) is 15.4. The van der Waals surface area contributed by atoms with E-state index in [0.29, 0.717) is 38.2 Å². The van der Waals surface area contributed by atoms with Gasteiger partial charge in [0.15, 0.2) is 0 Å². The molecule has 3 atom stereocenters. The van der Waals surface area contributed by atoms with Crippen LogP contribution in [0.15, 0.2) is 12.3 Å². The molecule has 1 amide bonds. The van der Waals surface area contributed by atoms with Crippen molar-refractivity contribution in [2.24, 2.45) is 0 Å². The van der Waals surface area contributed by atoms with Crippen molar-refractivity contribution >= 4 is 11.9 Å². The molecule has 2 fully saturated rings. The minimum absolute atomic E-state index is 0.179. The standard InChI is InChI=1S/C18H28N4O3/c1-13-4-5-14(25-13)6-7-17(23)22-10-11-24-16(12-22)15-8-9-19-18(20-15)21(2)3/h8-9,13-14,16H,4-7,10-12H2,1-3H3/t13-,14-,16+/m1/s1. The zero-order chi connectivity index (χ0) is 17.8. The maximum atomic E-state index is 12.6. The van der Waals surface area contributed by atoms with Crippen molar-refractivity contribution in [2.45, 2.75) is 50.9 Å². The second-order valence-electron chi connectivity index (χ2n) is 7.06. The molecule has 138 valence electrons. The summed E-state index contributed by atoms with van der Waals surface area (Å²) in [6.45, 7) is 3.82. The van der Waals surface area contributed by atoms with Crippen molar-refractivity contribution in [3.63, 3.8) is 0 Å². The van der Waals surface area contributed by atoms with E-state index in [0.717, 1.165) is 25.0 Å². The number of anilines is 1. The molecule has 7 heteroatoms. The third kappa shape index (κ3) is 4.67. The number of hydrogen-bond acceptors (Lipinski definition) is 6. The molecule has 2 saturated heterocycles. The minimum atomic E-state index is -0.192. The predicted octanol–water partition coefficient (Wildman–Crippen LogP) is 1.79. The average Bonchev–Trinajstić information content (AvgIpc) is 3.05. The second-order valence-corrected chi connectivity index (χ2v) is 7.06. The van der Waals surface area contributed by atoms with E-state index < -0.39 is 0 Å². The van der Waals surface area contributed by atoms with Gasteiger partial charge in [-0.15, -0.1) is 0 Å². The Kier molecular flexibility index (Phi) is 5.86. The van der Waals surface area contributed by atoms with Crippen LogP contribution >= 0.6 is 0 Å². The van der Waals surface area contributed by atoms with E-state index in [2.05, 4.69) is 16.9 Å². The molecule has 0 saturated carbocycles. The van der Waals surface area contributed by atoms with Crippen LogP contribution in [0.25, 0.3) is 0 Å². The molecule has 3 heterocycles. The first-order valence-electron chi connectivity index (χ1n) is 9.08. The Hall–Kier alpha value is -1.73. The Morgan fingerprint density at radius 2 is 2.24 bits per heavy atom. The zero-order valence-electron chi connectivity index (χ0n) is 15.4. The van der Waals surface area contributed by atoms with Crippen LogP contribution in [0.5, 0.6) is 0 Å². The van der Waals surface area contributed by atoms with Crippen LogP contribution in [-0.4, -0.2) is 66.8 Å². The van der Waals surface area contributed by atoms with Crippen LogP contribution in [-0.2, 0) is 14.3 Å². The molecule has 1 aromatic heterocycles. The van der Waals surface area contributed by atoms with E-state index in [4.69, 9.17) is 9.47 Å². The number of hydrogen-bond donors (Lipinski definition) is 0. The highest BCUT2D eigenvalue weighted by Gasteiger charge is 2.28. The fraction of sp³-hybridized carbons (Fsp3) is 0.722. The number of carbonyl (C=O) groups is 1. The van der Waals surface area contributed by atoms with Crippen LogP contribution in [0.1, 0.15) is 44.4 Å². The van der Waals surface area contributed by atoms with Gasteiger partial charge in [-0.25, -0.2) is 9.97 Å². The predicted molar refractivity (Wildman–Crippen MR) is 94.4 cm³/mol. The molecule has 0 radical (unpaired) electrons. The maximum absolute atomic E-state index is 12.6. The number of carbonyl (C=O) groups excluding carboxylic acids is 1. The lowest BCUT2D eigenvalue weighted by molar-refractivity contribution is -0.139. The normalized spacial score (nSPS) is 26.7. The molecule has 7 nitrogen and oxygen atoms in total.